The van der Waals surface area contributed by atoms with Gasteiger partial charge in [-0.05, 0) is 48.9 Å². The highest BCUT2D eigenvalue weighted by Gasteiger charge is 2.75. The predicted molar refractivity (Wildman–Crippen MR) is 61.3 cm³/mol. The minimum absolute atomic E-state index is 0.125. The third-order valence-electron chi connectivity index (χ3n) is 4.41. The van der Waals surface area contributed by atoms with Crippen molar-refractivity contribution in [3.8, 4) is 5.75 Å². The summed E-state index contributed by atoms with van der Waals surface area (Å²) in [6, 6.07) is 6.19. The molecule has 0 saturated heterocycles. The molecule has 0 amide bonds. The predicted octanol–water partition coefficient (Wildman–Crippen LogP) is 3.98. The summed E-state index contributed by atoms with van der Waals surface area (Å²) in [5, 5.41) is 0. The van der Waals surface area contributed by atoms with Gasteiger partial charge < -0.3 is 4.74 Å². The topological polar surface area (TPSA) is 9.23 Å². The zero-order valence-corrected chi connectivity index (χ0v) is 10.1. The normalized spacial score (nSPS) is 34.8. The van der Waals surface area contributed by atoms with Crippen LogP contribution in [0.2, 0.25) is 0 Å². The van der Waals surface area contributed by atoms with E-state index in [1.165, 1.54) is 19.2 Å². The molecule has 1 nitrogen and oxygen atoms in total. The lowest BCUT2D eigenvalue weighted by atomic mass is 9.33. The van der Waals surface area contributed by atoms with E-state index < -0.39 is 11.3 Å². The molecule has 0 aromatic heterocycles. The van der Waals surface area contributed by atoms with Crippen molar-refractivity contribution in [1.82, 2.24) is 0 Å². The van der Waals surface area contributed by atoms with E-state index in [9.17, 15) is 8.78 Å². The molecule has 4 rings (SSSR count). The van der Waals surface area contributed by atoms with Crippen molar-refractivity contribution in [3.05, 3.63) is 29.8 Å². The molecule has 3 aliphatic carbocycles. The van der Waals surface area contributed by atoms with Crippen LogP contribution in [0.15, 0.2) is 24.3 Å². The zero-order chi connectivity index (χ0) is 12.3. The minimum Gasteiger partial charge on any atom is -0.497 e. The van der Waals surface area contributed by atoms with Gasteiger partial charge in [-0.2, -0.15) is 0 Å². The Morgan fingerprint density at radius 1 is 1.12 bits per heavy atom. The highest BCUT2D eigenvalue weighted by atomic mass is 19.3. The van der Waals surface area contributed by atoms with Crippen LogP contribution in [0.5, 0.6) is 5.75 Å². The van der Waals surface area contributed by atoms with Gasteiger partial charge in [-0.3, -0.25) is 0 Å². The fraction of sp³-hybridized carbons (Fsp3) is 0.571. The number of benzene rings is 1. The van der Waals surface area contributed by atoms with Crippen molar-refractivity contribution in [3.63, 3.8) is 0 Å². The fourth-order valence-corrected chi connectivity index (χ4v) is 3.74. The smallest absolute Gasteiger partial charge is 0.278 e. The highest BCUT2D eigenvalue weighted by Crippen LogP contribution is 2.79. The molecule has 0 N–H and O–H groups in total. The molecule has 0 aliphatic heterocycles. The molecule has 3 fully saturated rings. The molecule has 2 bridgehead atoms. The molecule has 92 valence electrons. The Hall–Kier alpha value is -1.12. The van der Waals surface area contributed by atoms with Crippen LogP contribution in [0.4, 0.5) is 8.78 Å². The van der Waals surface area contributed by atoms with Crippen LogP contribution in [0, 0.1) is 10.8 Å². The molecule has 3 aliphatic rings. The summed E-state index contributed by atoms with van der Waals surface area (Å²) in [6.07, 6.45) is 2.00. The number of rotatable bonds is 3. The SMILES string of the molecule is COc1ccc(C(F)(F)C23CC(C)(C2)C3)cc1. The van der Waals surface area contributed by atoms with Crippen molar-refractivity contribution in [2.45, 2.75) is 32.1 Å². The Bertz CT molecular complexity index is 430. The molecular formula is C14H16F2O. The maximum Gasteiger partial charge on any atom is 0.278 e. The Labute approximate surface area is 99.8 Å². The molecule has 0 radical (unpaired) electrons. The summed E-state index contributed by atoms with van der Waals surface area (Å²) in [6.45, 7) is 2.10. The van der Waals surface area contributed by atoms with Gasteiger partial charge in [0.15, 0.2) is 0 Å². The summed E-state index contributed by atoms with van der Waals surface area (Å²) in [5.41, 5.74) is -0.424. The lowest BCUT2D eigenvalue weighted by Crippen LogP contribution is -2.66. The van der Waals surface area contributed by atoms with E-state index in [0.717, 1.165) is 0 Å². The lowest BCUT2D eigenvalue weighted by Gasteiger charge is -2.71. The first kappa shape index (κ1) is 11.0. The number of ether oxygens (including phenoxy) is 1. The summed E-state index contributed by atoms with van der Waals surface area (Å²) in [4.78, 5) is 0. The van der Waals surface area contributed by atoms with E-state index in [2.05, 4.69) is 6.92 Å². The number of methoxy groups -OCH3 is 1. The van der Waals surface area contributed by atoms with E-state index in [1.807, 2.05) is 0 Å². The van der Waals surface area contributed by atoms with Gasteiger partial charge in [0.25, 0.3) is 5.92 Å². The van der Waals surface area contributed by atoms with E-state index in [-0.39, 0.29) is 11.0 Å². The van der Waals surface area contributed by atoms with E-state index in [0.29, 0.717) is 25.0 Å². The maximum atomic E-state index is 14.4. The summed E-state index contributed by atoms with van der Waals surface area (Å²) < 4.78 is 33.8. The summed E-state index contributed by atoms with van der Waals surface area (Å²) in [7, 11) is 1.54. The van der Waals surface area contributed by atoms with E-state index in [4.69, 9.17) is 4.74 Å². The zero-order valence-electron chi connectivity index (χ0n) is 10.1. The standard InChI is InChI=1S/C14H16F2O/c1-12-7-13(8-12,9-12)14(15,16)10-3-5-11(17-2)6-4-10/h3-6H,7-9H2,1-2H3. The van der Waals surface area contributed by atoms with Gasteiger partial charge in [0.1, 0.15) is 5.75 Å². The van der Waals surface area contributed by atoms with Crippen LogP contribution < -0.4 is 4.74 Å². The van der Waals surface area contributed by atoms with Crippen LogP contribution in [-0.2, 0) is 5.92 Å². The monoisotopic (exact) mass is 238 g/mol. The lowest BCUT2D eigenvalue weighted by molar-refractivity contribution is -0.315. The highest BCUT2D eigenvalue weighted by molar-refractivity contribution is 5.34. The summed E-state index contributed by atoms with van der Waals surface area (Å²) >= 11 is 0. The summed E-state index contributed by atoms with van der Waals surface area (Å²) in [5.74, 6) is -2.08. The van der Waals surface area contributed by atoms with Gasteiger partial charge in [0.05, 0.1) is 7.11 Å². The van der Waals surface area contributed by atoms with Crippen molar-refractivity contribution < 1.29 is 13.5 Å². The molecule has 3 heteroatoms. The first-order valence-corrected chi connectivity index (χ1v) is 5.93. The fourth-order valence-electron chi connectivity index (χ4n) is 3.74. The van der Waals surface area contributed by atoms with Gasteiger partial charge in [0, 0.05) is 11.0 Å². The van der Waals surface area contributed by atoms with Gasteiger partial charge in [-0.1, -0.05) is 6.92 Å². The second-order valence-corrected chi connectivity index (χ2v) is 5.92. The van der Waals surface area contributed by atoms with Crippen LogP contribution in [0.25, 0.3) is 0 Å². The van der Waals surface area contributed by atoms with Crippen molar-refractivity contribution in [1.29, 1.82) is 0 Å². The molecule has 0 atom stereocenters. The third kappa shape index (κ3) is 1.28. The first-order chi connectivity index (χ1) is 7.91. The quantitative estimate of drug-likeness (QED) is 0.774. The van der Waals surface area contributed by atoms with Crippen LogP contribution >= 0.6 is 0 Å². The van der Waals surface area contributed by atoms with Gasteiger partial charge >= 0.3 is 0 Å². The van der Waals surface area contributed by atoms with E-state index >= 15 is 0 Å². The second-order valence-electron chi connectivity index (χ2n) is 5.92. The number of alkyl halides is 2. The van der Waals surface area contributed by atoms with Gasteiger partial charge in [0.2, 0.25) is 0 Å². The van der Waals surface area contributed by atoms with Crippen molar-refractivity contribution in [2.24, 2.45) is 10.8 Å². The molecule has 0 spiro atoms. The number of hydrogen-bond acceptors (Lipinski definition) is 1. The van der Waals surface area contributed by atoms with Gasteiger partial charge in [-0.15, -0.1) is 0 Å². The Morgan fingerprint density at radius 2 is 1.65 bits per heavy atom. The minimum atomic E-state index is -2.70. The molecule has 0 heterocycles. The van der Waals surface area contributed by atoms with Crippen LogP contribution in [0.1, 0.15) is 31.7 Å². The number of hydrogen-bond donors (Lipinski definition) is 0. The van der Waals surface area contributed by atoms with Crippen LogP contribution in [-0.4, -0.2) is 7.11 Å². The van der Waals surface area contributed by atoms with Crippen molar-refractivity contribution >= 4 is 0 Å². The van der Waals surface area contributed by atoms with Crippen molar-refractivity contribution in [2.75, 3.05) is 7.11 Å². The molecule has 0 unspecified atom stereocenters. The Balaban J connectivity index is 1.87. The molecular weight excluding hydrogens is 222 g/mol. The molecule has 1 aromatic rings. The largest absolute Gasteiger partial charge is 0.497 e. The molecule has 3 saturated carbocycles. The third-order valence-corrected chi connectivity index (χ3v) is 4.41. The van der Waals surface area contributed by atoms with Crippen LogP contribution in [0.3, 0.4) is 0 Å². The first-order valence-electron chi connectivity index (χ1n) is 5.93. The average Bonchev–Trinajstić information content (AvgIpc) is 2.23. The average molecular weight is 238 g/mol. The maximum absolute atomic E-state index is 14.4. The van der Waals surface area contributed by atoms with Gasteiger partial charge in [-0.25, -0.2) is 8.78 Å². The molecule has 17 heavy (non-hydrogen) atoms. The van der Waals surface area contributed by atoms with E-state index in [1.54, 1.807) is 12.1 Å². The Morgan fingerprint density at radius 3 is 2.06 bits per heavy atom. The second kappa shape index (κ2) is 3.01. The Kier molecular flexibility index (Phi) is 1.94. The number of halogens is 2. The molecule has 1 aromatic carbocycles.